The number of carbonyl (C=O) groups is 1. The van der Waals surface area contributed by atoms with Crippen LogP contribution in [-0.2, 0) is 11.3 Å². The van der Waals surface area contributed by atoms with Crippen molar-refractivity contribution in [3.8, 4) is 6.07 Å². The highest BCUT2D eigenvalue weighted by Gasteiger charge is 2.28. The maximum atomic E-state index is 11.7. The molecule has 0 saturated heterocycles. The van der Waals surface area contributed by atoms with Crippen molar-refractivity contribution in [1.82, 2.24) is 4.90 Å². The zero-order chi connectivity index (χ0) is 11.5. The number of nitrogens with two attached hydrogens (primary N) is 1. The molecule has 4 nitrogen and oxygen atoms in total. The fourth-order valence-corrected chi connectivity index (χ4v) is 1.67. The molecule has 0 radical (unpaired) electrons. The zero-order valence-corrected chi connectivity index (χ0v) is 8.68. The molecule has 16 heavy (non-hydrogen) atoms. The van der Waals surface area contributed by atoms with E-state index in [0.717, 1.165) is 5.56 Å². The number of rotatable bonds is 2. The molecule has 1 amide bonds. The summed E-state index contributed by atoms with van der Waals surface area (Å²) >= 11 is 0. The number of nitrogens with zero attached hydrogens (tertiary/aromatic N) is 2. The SMILES string of the molecule is N#CC1=C(N)C(=O)N(Cc2ccccc2)C1. The number of amides is 1. The van der Waals surface area contributed by atoms with Gasteiger partial charge in [0.1, 0.15) is 5.70 Å². The molecule has 0 aliphatic carbocycles. The fraction of sp³-hybridized carbons (Fsp3) is 0.167. The Morgan fingerprint density at radius 1 is 1.38 bits per heavy atom. The summed E-state index contributed by atoms with van der Waals surface area (Å²) in [4.78, 5) is 13.2. The maximum absolute atomic E-state index is 11.7. The first kappa shape index (κ1) is 10.2. The van der Waals surface area contributed by atoms with Crippen LogP contribution < -0.4 is 5.73 Å². The molecule has 0 aromatic heterocycles. The number of hydrogen-bond donors (Lipinski definition) is 1. The van der Waals surface area contributed by atoms with E-state index >= 15 is 0 Å². The Kier molecular flexibility index (Phi) is 2.61. The Morgan fingerprint density at radius 2 is 2.06 bits per heavy atom. The fourth-order valence-electron chi connectivity index (χ4n) is 1.67. The summed E-state index contributed by atoms with van der Waals surface area (Å²) in [6.45, 7) is 0.807. The van der Waals surface area contributed by atoms with Gasteiger partial charge < -0.3 is 10.6 Å². The standard InChI is InChI=1S/C12H11N3O/c13-6-10-8-15(12(16)11(10)14)7-9-4-2-1-3-5-9/h1-5H,7-8,14H2. The van der Waals surface area contributed by atoms with E-state index in [9.17, 15) is 4.79 Å². The van der Waals surface area contributed by atoms with Gasteiger partial charge in [-0.05, 0) is 5.56 Å². The van der Waals surface area contributed by atoms with Crippen LogP contribution in [0.15, 0.2) is 41.6 Å². The summed E-state index contributed by atoms with van der Waals surface area (Å²) in [5.41, 5.74) is 7.02. The molecule has 1 aliphatic rings. The molecule has 0 spiro atoms. The van der Waals surface area contributed by atoms with Crippen molar-refractivity contribution < 1.29 is 4.79 Å². The van der Waals surface area contributed by atoms with Crippen LogP contribution in [0.25, 0.3) is 0 Å². The highest BCUT2D eigenvalue weighted by molar-refractivity contribution is 5.97. The van der Waals surface area contributed by atoms with Gasteiger partial charge in [-0.2, -0.15) is 5.26 Å². The summed E-state index contributed by atoms with van der Waals surface area (Å²) in [6.07, 6.45) is 0. The first-order valence-corrected chi connectivity index (χ1v) is 4.94. The molecular weight excluding hydrogens is 202 g/mol. The quantitative estimate of drug-likeness (QED) is 0.788. The molecule has 2 rings (SSSR count). The Morgan fingerprint density at radius 3 is 2.62 bits per heavy atom. The van der Waals surface area contributed by atoms with Crippen LogP contribution in [0.2, 0.25) is 0 Å². The van der Waals surface area contributed by atoms with Gasteiger partial charge in [0.25, 0.3) is 5.91 Å². The summed E-state index contributed by atoms with van der Waals surface area (Å²) in [7, 11) is 0. The van der Waals surface area contributed by atoms with Crippen LogP contribution in [0.4, 0.5) is 0 Å². The van der Waals surface area contributed by atoms with E-state index in [-0.39, 0.29) is 11.6 Å². The second kappa shape index (κ2) is 4.07. The van der Waals surface area contributed by atoms with Gasteiger partial charge in [-0.1, -0.05) is 30.3 Å². The lowest BCUT2D eigenvalue weighted by molar-refractivity contribution is -0.126. The lowest BCUT2D eigenvalue weighted by Crippen LogP contribution is -2.28. The minimum absolute atomic E-state index is 0.0819. The number of nitriles is 1. The molecule has 1 aliphatic heterocycles. The summed E-state index contributed by atoms with van der Waals surface area (Å²) in [6, 6.07) is 11.6. The molecule has 80 valence electrons. The third kappa shape index (κ3) is 1.75. The Balaban J connectivity index is 2.12. The third-order valence-electron chi connectivity index (χ3n) is 2.54. The van der Waals surface area contributed by atoms with Crippen molar-refractivity contribution in [2.24, 2.45) is 5.73 Å². The molecule has 0 fully saturated rings. The third-order valence-corrected chi connectivity index (χ3v) is 2.54. The van der Waals surface area contributed by atoms with Crippen LogP contribution in [0.5, 0.6) is 0 Å². The van der Waals surface area contributed by atoms with Gasteiger partial charge in [0.15, 0.2) is 0 Å². The van der Waals surface area contributed by atoms with Crippen molar-refractivity contribution in [3.05, 3.63) is 47.2 Å². The molecule has 0 atom stereocenters. The van der Waals surface area contributed by atoms with Crippen LogP contribution in [0.1, 0.15) is 5.56 Å². The Labute approximate surface area is 93.6 Å². The van der Waals surface area contributed by atoms with E-state index in [4.69, 9.17) is 11.0 Å². The Bertz CT molecular complexity index is 485. The van der Waals surface area contributed by atoms with Gasteiger partial charge in [-0.15, -0.1) is 0 Å². The number of hydrogen-bond acceptors (Lipinski definition) is 3. The van der Waals surface area contributed by atoms with Crippen molar-refractivity contribution in [1.29, 1.82) is 5.26 Å². The van der Waals surface area contributed by atoms with Crippen molar-refractivity contribution in [3.63, 3.8) is 0 Å². The van der Waals surface area contributed by atoms with Gasteiger partial charge in [0.2, 0.25) is 0 Å². The minimum Gasteiger partial charge on any atom is -0.393 e. The first-order valence-electron chi connectivity index (χ1n) is 4.94. The number of carbonyl (C=O) groups excluding carboxylic acids is 1. The topological polar surface area (TPSA) is 70.1 Å². The van der Waals surface area contributed by atoms with Gasteiger partial charge in [0, 0.05) is 6.54 Å². The van der Waals surface area contributed by atoms with Crippen LogP contribution >= 0.6 is 0 Å². The monoisotopic (exact) mass is 213 g/mol. The normalized spacial score (nSPS) is 15.4. The second-order valence-electron chi connectivity index (χ2n) is 3.65. The highest BCUT2D eigenvalue weighted by Crippen LogP contribution is 2.17. The van der Waals surface area contributed by atoms with E-state index in [1.807, 2.05) is 36.4 Å². The Hall–Kier alpha value is -2.28. The van der Waals surface area contributed by atoms with Crippen LogP contribution in [0.3, 0.4) is 0 Å². The average molecular weight is 213 g/mol. The van der Waals surface area contributed by atoms with E-state index in [2.05, 4.69) is 0 Å². The summed E-state index contributed by atoms with van der Waals surface area (Å²) in [5, 5.41) is 8.77. The molecule has 0 unspecified atom stereocenters. The predicted octanol–water partition coefficient (Wildman–Crippen LogP) is 0.765. The van der Waals surface area contributed by atoms with E-state index < -0.39 is 0 Å². The van der Waals surface area contributed by atoms with E-state index in [1.165, 1.54) is 0 Å². The average Bonchev–Trinajstić information content (AvgIpc) is 2.58. The lowest BCUT2D eigenvalue weighted by atomic mass is 10.2. The molecule has 1 aromatic carbocycles. The molecule has 1 aromatic rings. The van der Waals surface area contributed by atoms with Crippen molar-refractivity contribution in [2.45, 2.75) is 6.54 Å². The van der Waals surface area contributed by atoms with Crippen LogP contribution in [-0.4, -0.2) is 17.4 Å². The van der Waals surface area contributed by atoms with Gasteiger partial charge in [-0.25, -0.2) is 0 Å². The molecule has 0 bridgehead atoms. The molecule has 1 heterocycles. The van der Waals surface area contributed by atoms with E-state index in [0.29, 0.717) is 18.7 Å². The molecule has 4 heteroatoms. The summed E-state index contributed by atoms with van der Waals surface area (Å²) < 4.78 is 0. The van der Waals surface area contributed by atoms with Gasteiger partial charge in [0.05, 0.1) is 18.2 Å². The van der Waals surface area contributed by atoms with Crippen molar-refractivity contribution in [2.75, 3.05) is 6.54 Å². The minimum atomic E-state index is -0.250. The predicted molar refractivity (Wildman–Crippen MR) is 58.7 cm³/mol. The van der Waals surface area contributed by atoms with Crippen molar-refractivity contribution >= 4 is 5.91 Å². The lowest BCUT2D eigenvalue weighted by Gasteiger charge is -2.15. The first-order chi connectivity index (χ1) is 7.72. The largest absolute Gasteiger partial charge is 0.393 e. The second-order valence-corrected chi connectivity index (χ2v) is 3.65. The van der Waals surface area contributed by atoms with Crippen LogP contribution in [0, 0.1) is 11.3 Å². The zero-order valence-electron chi connectivity index (χ0n) is 8.68. The molecular formula is C12H11N3O. The summed E-state index contributed by atoms with van der Waals surface area (Å²) in [5.74, 6) is -0.250. The number of benzene rings is 1. The molecule has 2 N–H and O–H groups in total. The maximum Gasteiger partial charge on any atom is 0.271 e. The van der Waals surface area contributed by atoms with Gasteiger partial charge in [-0.3, -0.25) is 4.79 Å². The van der Waals surface area contributed by atoms with E-state index in [1.54, 1.807) is 4.90 Å². The smallest absolute Gasteiger partial charge is 0.271 e. The van der Waals surface area contributed by atoms with Gasteiger partial charge >= 0.3 is 0 Å². The molecule has 0 saturated carbocycles. The highest BCUT2D eigenvalue weighted by atomic mass is 16.2.